The van der Waals surface area contributed by atoms with Crippen LogP contribution in [0.4, 0.5) is 5.69 Å². The van der Waals surface area contributed by atoms with E-state index in [0.29, 0.717) is 11.0 Å². The molecule has 2 nitrogen and oxygen atoms in total. The van der Waals surface area contributed by atoms with Gasteiger partial charge in [0.1, 0.15) is 4.99 Å². The number of aryl methyl sites for hydroxylation is 1. The molecule has 2 aliphatic rings. The van der Waals surface area contributed by atoms with Crippen molar-refractivity contribution in [2.75, 3.05) is 5.32 Å². The van der Waals surface area contributed by atoms with Crippen LogP contribution in [0.3, 0.4) is 0 Å². The maximum atomic E-state index is 5.82. The lowest BCUT2D eigenvalue weighted by Gasteiger charge is -2.21. The molecule has 0 aromatic heterocycles. The van der Waals surface area contributed by atoms with Crippen LogP contribution >= 0.6 is 12.2 Å². The summed E-state index contributed by atoms with van der Waals surface area (Å²) in [5, 5.41) is 3.73. The number of rotatable bonds is 5. The van der Waals surface area contributed by atoms with Crippen molar-refractivity contribution in [3.05, 3.63) is 29.3 Å². The zero-order valence-electron chi connectivity index (χ0n) is 10.8. The summed E-state index contributed by atoms with van der Waals surface area (Å²) < 4.78 is 0. The summed E-state index contributed by atoms with van der Waals surface area (Å²) in [4.78, 5) is 0.489. The van der Waals surface area contributed by atoms with Gasteiger partial charge in [0.15, 0.2) is 0 Å². The summed E-state index contributed by atoms with van der Waals surface area (Å²) in [5.74, 6) is 1.74. The molecule has 1 aromatic carbocycles. The quantitative estimate of drug-likeness (QED) is 0.798. The first kappa shape index (κ1) is 12.0. The summed E-state index contributed by atoms with van der Waals surface area (Å²) in [6, 6.07) is 6.92. The van der Waals surface area contributed by atoms with Crippen molar-refractivity contribution < 1.29 is 0 Å². The summed E-state index contributed by atoms with van der Waals surface area (Å²) in [6.07, 6.45) is 5.51. The van der Waals surface area contributed by atoms with Gasteiger partial charge in [-0.1, -0.05) is 18.3 Å². The van der Waals surface area contributed by atoms with Gasteiger partial charge in [-0.25, -0.2) is 0 Å². The van der Waals surface area contributed by atoms with E-state index in [4.69, 9.17) is 18.0 Å². The Morgan fingerprint density at radius 2 is 1.89 bits per heavy atom. The molecule has 2 fully saturated rings. The van der Waals surface area contributed by atoms with Crippen LogP contribution in [0.5, 0.6) is 0 Å². The predicted octanol–water partition coefficient (Wildman–Crippen LogP) is 3.23. The Balaban J connectivity index is 1.85. The lowest BCUT2D eigenvalue weighted by Crippen LogP contribution is -2.26. The van der Waals surface area contributed by atoms with E-state index < -0.39 is 0 Å². The van der Waals surface area contributed by atoms with E-state index in [0.717, 1.165) is 23.1 Å². The van der Waals surface area contributed by atoms with E-state index in [-0.39, 0.29) is 0 Å². The molecule has 0 radical (unpaired) electrons. The van der Waals surface area contributed by atoms with Gasteiger partial charge in [0.25, 0.3) is 0 Å². The van der Waals surface area contributed by atoms with Crippen LogP contribution < -0.4 is 11.1 Å². The normalized spacial score (nSPS) is 19.0. The fourth-order valence-corrected chi connectivity index (χ4v) is 2.88. The summed E-state index contributed by atoms with van der Waals surface area (Å²) in [5.41, 5.74) is 9.19. The van der Waals surface area contributed by atoms with Crippen molar-refractivity contribution in [3.63, 3.8) is 0 Å². The number of nitrogens with one attached hydrogen (secondary N) is 1. The Morgan fingerprint density at radius 3 is 2.39 bits per heavy atom. The van der Waals surface area contributed by atoms with Crippen LogP contribution in [0, 0.1) is 18.8 Å². The van der Waals surface area contributed by atoms with Gasteiger partial charge in [0, 0.05) is 17.3 Å². The van der Waals surface area contributed by atoms with Crippen LogP contribution in [0.2, 0.25) is 0 Å². The fourth-order valence-electron chi connectivity index (χ4n) is 2.70. The van der Waals surface area contributed by atoms with Gasteiger partial charge < -0.3 is 11.1 Å². The van der Waals surface area contributed by atoms with E-state index >= 15 is 0 Å². The average molecular weight is 260 g/mol. The first-order chi connectivity index (χ1) is 8.65. The monoisotopic (exact) mass is 260 g/mol. The van der Waals surface area contributed by atoms with Crippen LogP contribution in [0.1, 0.15) is 36.8 Å². The Kier molecular flexibility index (Phi) is 3.02. The molecule has 0 unspecified atom stereocenters. The second-order valence-electron chi connectivity index (χ2n) is 5.76. The average Bonchev–Trinajstić information content (AvgIpc) is 3.17. The third-order valence-electron chi connectivity index (χ3n) is 4.02. The van der Waals surface area contributed by atoms with Gasteiger partial charge in [0.05, 0.1) is 0 Å². The molecule has 0 aliphatic heterocycles. The zero-order chi connectivity index (χ0) is 12.7. The first-order valence-corrected chi connectivity index (χ1v) is 7.23. The number of anilines is 1. The number of benzene rings is 1. The fraction of sp³-hybridized carbons (Fsp3) is 0.533. The maximum Gasteiger partial charge on any atom is 0.106 e. The van der Waals surface area contributed by atoms with Crippen LogP contribution in [0.25, 0.3) is 0 Å². The predicted molar refractivity (Wildman–Crippen MR) is 79.9 cm³/mol. The van der Waals surface area contributed by atoms with E-state index in [1.807, 2.05) is 6.07 Å². The van der Waals surface area contributed by atoms with Crippen molar-refractivity contribution in [2.45, 2.75) is 38.6 Å². The maximum absolute atomic E-state index is 5.82. The third-order valence-corrected chi connectivity index (χ3v) is 4.24. The van der Waals surface area contributed by atoms with Crippen molar-refractivity contribution >= 4 is 22.9 Å². The van der Waals surface area contributed by atoms with E-state index in [1.54, 1.807) is 0 Å². The molecule has 3 rings (SSSR count). The van der Waals surface area contributed by atoms with Crippen molar-refractivity contribution in [1.82, 2.24) is 0 Å². The van der Waals surface area contributed by atoms with Crippen LogP contribution in [-0.2, 0) is 0 Å². The Labute approximate surface area is 114 Å². The minimum Gasteiger partial charge on any atom is -0.389 e. The number of hydrogen-bond donors (Lipinski definition) is 2. The number of nitrogens with two attached hydrogens (primary N) is 1. The molecule has 3 heteroatoms. The third kappa shape index (κ3) is 2.51. The molecule has 0 saturated heterocycles. The highest BCUT2D eigenvalue weighted by Crippen LogP contribution is 2.46. The zero-order valence-corrected chi connectivity index (χ0v) is 11.6. The lowest BCUT2D eigenvalue weighted by atomic mass is 10.0. The van der Waals surface area contributed by atoms with E-state index in [1.165, 1.54) is 31.2 Å². The Bertz CT molecular complexity index is 463. The number of thiocarbonyl (C=S) groups is 1. The van der Waals surface area contributed by atoms with Gasteiger partial charge in [0.2, 0.25) is 0 Å². The molecular formula is C15H20N2S. The SMILES string of the molecule is Cc1ccc(C(N)=S)c(NC(C2CC2)C2CC2)c1. The number of hydrogen-bond acceptors (Lipinski definition) is 2. The highest BCUT2D eigenvalue weighted by Gasteiger charge is 2.41. The molecule has 0 atom stereocenters. The minimum absolute atomic E-state index is 0.489. The molecular weight excluding hydrogens is 240 g/mol. The summed E-state index contributed by atoms with van der Waals surface area (Å²) in [6.45, 7) is 2.11. The Morgan fingerprint density at radius 1 is 1.28 bits per heavy atom. The van der Waals surface area contributed by atoms with Crippen LogP contribution in [-0.4, -0.2) is 11.0 Å². The molecule has 96 valence electrons. The second-order valence-corrected chi connectivity index (χ2v) is 6.20. The largest absolute Gasteiger partial charge is 0.389 e. The topological polar surface area (TPSA) is 38.0 Å². The summed E-state index contributed by atoms with van der Waals surface area (Å²) in [7, 11) is 0. The molecule has 1 aromatic rings. The smallest absolute Gasteiger partial charge is 0.106 e. The molecule has 18 heavy (non-hydrogen) atoms. The van der Waals surface area contributed by atoms with E-state index in [9.17, 15) is 0 Å². The van der Waals surface area contributed by atoms with E-state index in [2.05, 4.69) is 24.4 Å². The molecule has 2 aliphatic carbocycles. The van der Waals surface area contributed by atoms with Gasteiger partial charge in [-0.2, -0.15) is 0 Å². The van der Waals surface area contributed by atoms with Gasteiger partial charge >= 0.3 is 0 Å². The standard InChI is InChI=1S/C15H20N2S/c1-9-2-7-12(15(16)18)13(8-9)17-14(10-3-4-10)11-5-6-11/h2,7-8,10-11,14,17H,3-6H2,1H3,(H2,16,18). The van der Waals surface area contributed by atoms with Crippen molar-refractivity contribution in [2.24, 2.45) is 17.6 Å². The second kappa shape index (κ2) is 4.54. The molecule has 3 N–H and O–H groups in total. The highest BCUT2D eigenvalue weighted by atomic mass is 32.1. The Hall–Kier alpha value is -1.09. The first-order valence-electron chi connectivity index (χ1n) is 6.82. The minimum atomic E-state index is 0.489. The van der Waals surface area contributed by atoms with Gasteiger partial charge in [-0.15, -0.1) is 0 Å². The molecule has 0 bridgehead atoms. The lowest BCUT2D eigenvalue weighted by molar-refractivity contribution is 0.567. The molecule has 0 amide bonds. The van der Waals surface area contributed by atoms with Crippen molar-refractivity contribution in [1.29, 1.82) is 0 Å². The molecule has 2 saturated carbocycles. The van der Waals surface area contributed by atoms with Crippen LogP contribution in [0.15, 0.2) is 18.2 Å². The molecule has 0 heterocycles. The van der Waals surface area contributed by atoms with Gasteiger partial charge in [-0.05, 0) is 62.1 Å². The van der Waals surface area contributed by atoms with Gasteiger partial charge in [-0.3, -0.25) is 0 Å². The molecule has 0 spiro atoms. The van der Waals surface area contributed by atoms with Crippen molar-refractivity contribution in [3.8, 4) is 0 Å². The summed E-state index contributed by atoms with van der Waals surface area (Å²) >= 11 is 5.15. The highest BCUT2D eigenvalue weighted by molar-refractivity contribution is 7.80.